The lowest BCUT2D eigenvalue weighted by Gasteiger charge is -2.21. The summed E-state index contributed by atoms with van der Waals surface area (Å²) in [5, 5.41) is 9.84. The van der Waals surface area contributed by atoms with Gasteiger partial charge in [0.2, 0.25) is 0 Å². The van der Waals surface area contributed by atoms with E-state index in [1.807, 2.05) is 12.2 Å². The van der Waals surface area contributed by atoms with Crippen LogP contribution in [0, 0.1) is 0 Å². The summed E-state index contributed by atoms with van der Waals surface area (Å²) in [6.07, 6.45) is 73.6. The molecule has 0 heterocycles. The van der Waals surface area contributed by atoms with Crippen molar-refractivity contribution in [1.82, 2.24) is 0 Å². The van der Waals surface area contributed by atoms with E-state index in [4.69, 9.17) is 23.3 Å². The molecule has 0 fully saturated rings. The summed E-state index contributed by atoms with van der Waals surface area (Å²) < 4.78 is 39.6. The minimum atomic E-state index is -4.78. The van der Waals surface area contributed by atoms with Gasteiger partial charge in [-0.3, -0.25) is 23.4 Å². The zero-order valence-electron chi connectivity index (χ0n) is 51.0. The highest BCUT2D eigenvalue weighted by Crippen LogP contribution is 2.43. The third-order valence-electron chi connectivity index (χ3n) is 13.5. The molecule has 0 spiro atoms. The second kappa shape index (κ2) is 61.5. The molecule has 0 aliphatic heterocycles. The Morgan fingerprint density at radius 2 is 0.662 bits per heavy atom. The first-order chi connectivity index (χ1) is 39.2. The quantitative estimate of drug-likeness (QED) is 0.0197. The molecule has 0 aliphatic carbocycles. The van der Waals surface area contributed by atoms with Crippen LogP contribution in [0.2, 0.25) is 0 Å². The number of allylic oxidation sites excluding steroid dienone is 16. The van der Waals surface area contributed by atoms with Gasteiger partial charge in [-0.25, -0.2) is 4.57 Å². The van der Waals surface area contributed by atoms with E-state index >= 15 is 0 Å². The fourth-order valence-corrected chi connectivity index (χ4v) is 9.38. The summed E-state index contributed by atoms with van der Waals surface area (Å²) in [7, 11) is -4.78. The van der Waals surface area contributed by atoms with Gasteiger partial charge in [-0.15, -0.1) is 0 Å². The van der Waals surface area contributed by atoms with Gasteiger partial charge in [0.1, 0.15) is 12.7 Å². The van der Waals surface area contributed by atoms with Crippen molar-refractivity contribution in [3.8, 4) is 0 Å². The number of unbranched alkanes of at least 4 members (excludes halogenated alkanes) is 26. The number of carbonyl (C=O) groups is 3. The summed E-state index contributed by atoms with van der Waals surface area (Å²) in [6, 6.07) is 0. The zero-order chi connectivity index (χ0) is 58.3. The second-order valence-corrected chi connectivity index (χ2v) is 22.6. The van der Waals surface area contributed by atoms with Crippen molar-refractivity contribution in [3.05, 3.63) is 97.2 Å². The average Bonchev–Trinajstić information content (AvgIpc) is 3.45. The van der Waals surface area contributed by atoms with Gasteiger partial charge < -0.3 is 24.2 Å². The molecule has 80 heavy (non-hydrogen) atoms. The Morgan fingerprint density at radius 3 is 1.09 bits per heavy atom. The predicted molar refractivity (Wildman–Crippen MR) is 334 cm³/mol. The SMILES string of the molecule is CC/C=C\C/C=C\C/C=C\C/C=C\C/C=C\CCCC(=O)OC(CO)COP(=O)(O)OCC(COC(=O)CCCCCCCCC/C=C\CCCCCCCC)OC(=O)CCCCCCCCCCC/C=C\C/C=C\CCCCC. The third-order valence-corrected chi connectivity index (χ3v) is 14.4. The van der Waals surface area contributed by atoms with Crippen molar-refractivity contribution < 1.29 is 52.2 Å². The van der Waals surface area contributed by atoms with Gasteiger partial charge in [0.15, 0.2) is 6.10 Å². The molecule has 0 aromatic heterocycles. The van der Waals surface area contributed by atoms with Crippen molar-refractivity contribution in [2.24, 2.45) is 0 Å². The molecule has 0 aromatic carbocycles. The van der Waals surface area contributed by atoms with E-state index in [-0.39, 0.29) is 25.9 Å². The van der Waals surface area contributed by atoms with E-state index in [1.165, 1.54) is 122 Å². The number of aliphatic hydroxyl groups excluding tert-OH is 1. The normalized spacial score (nSPS) is 13.9. The standard InChI is InChI=1S/C68H117O11P/c1-4-7-10-13-16-19-22-25-28-31-32-35-38-41-44-47-50-53-56-59-68(72)79-65(61-75-66(70)57-54-51-48-45-42-39-36-33-29-26-23-20-17-14-11-8-5-2)63-77-80(73,74)76-62-64(60-69)78-67(71)58-55-52-49-46-43-40-37-34-30-27-24-21-18-15-12-9-6-3/h9,12,16,18-19,21,25-30,37,40,46,49,64-65,69H,4-8,10-11,13-15,17,20,22-24,31-36,38-39,41-45,47-48,50-63H2,1-3H3,(H,73,74)/b12-9-,19-16-,21-18-,28-25-,29-26-,30-27-,40-37-,49-46-. The molecule has 460 valence electrons. The van der Waals surface area contributed by atoms with Crippen LogP contribution in [-0.2, 0) is 42.2 Å². The largest absolute Gasteiger partial charge is 0.472 e. The fraction of sp³-hybridized carbons (Fsp3) is 0.721. The van der Waals surface area contributed by atoms with Gasteiger partial charge in [0.25, 0.3) is 0 Å². The number of rotatable bonds is 59. The molecule has 0 saturated heterocycles. The van der Waals surface area contributed by atoms with Crippen molar-refractivity contribution in [2.75, 3.05) is 26.4 Å². The van der Waals surface area contributed by atoms with Crippen LogP contribution >= 0.6 is 7.82 Å². The number of ether oxygens (including phenoxy) is 3. The Hall–Kier alpha value is -3.60. The predicted octanol–water partition coefficient (Wildman–Crippen LogP) is 19.6. The zero-order valence-corrected chi connectivity index (χ0v) is 51.9. The number of hydrogen-bond acceptors (Lipinski definition) is 10. The first-order valence-corrected chi connectivity index (χ1v) is 33.6. The van der Waals surface area contributed by atoms with Crippen LogP contribution in [0.5, 0.6) is 0 Å². The van der Waals surface area contributed by atoms with Crippen LogP contribution < -0.4 is 0 Å². The van der Waals surface area contributed by atoms with Crippen molar-refractivity contribution in [2.45, 2.75) is 290 Å². The molecule has 2 N–H and O–H groups in total. The van der Waals surface area contributed by atoms with Crippen LogP contribution in [0.4, 0.5) is 0 Å². The topological polar surface area (TPSA) is 155 Å². The van der Waals surface area contributed by atoms with E-state index in [9.17, 15) is 28.9 Å². The Labute approximate surface area is 489 Å². The Morgan fingerprint density at radius 1 is 0.362 bits per heavy atom. The van der Waals surface area contributed by atoms with E-state index in [0.29, 0.717) is 25.7 Å². The molecule has 0 rings (SSSR count). The maximum absolute atomic E-state index is 13.0. The lowest BCUT2D eigenvalue weighted by molar-refractivity contribution is -0.161. The third kappa shape index (κ3) is 59.0. The van der Waals surface area contributed by atoms with Crippen LogP contribution in [0.25, 0.3) is 0 Å². The van der Waals surface area contributed by atoms with Gasteiger partial charge >= 0.3 is 25.7 Å². The molecule has 0 aliphatic rings. The van der Waals surface area contributed by atoms with Crippen LogP contribution in [0.15, 0.2) is 97.2 Å². The van der Waals surface area contributed by atoms with Gasteiger partial charge in [-0.1, -0.05) is 240 Å². The molecule has 0 saturated carbocycles. The maximum Gasteiger partial charge on any atom is 0.472 e. The molecular weight excluding hydrogens is 1020 g/mol. The van der Waals surface area contributed by atoms with Crippen LogP contribution in [-0.4, -0.2) is 66.5 Å². The van der Waals surface area contributed by atoms with E-state index in [2.05, 4.69) is 106 Å². The minimum absolute atomic E-state index is 0.0953. The van der Waals surface area contributed by atoms with Gasteiger partial charge in [-0.2, -0.15) is 0 Å². The lowest BCUT2D eigenvalue weighted by atomic mass is 10.1. The number of phosphoric ester groups is 1. The summed E-state index contributed by atoms with van der Waals surface area (Å²) in [5.41, 5.74) is 0. The first kappa shape index (κ1) is 76.4. The van der Waals surface area contributed by atoms with Crippen molar-refractivity contribution >= 4 is 25.7 Å². The number of esters is 3. The fourth-order valence-electron chi connectivity index (χ4n) is 8.59. The van der Waals surface area contributed by atoms with E-state index in [0.717, 1.165) is 89.9 Å². The Balaban J connectivity index is 4.77. The first-order valence-electron chi connectivity index (χ1n) is 32.1. The Kier molecular flexibility index (Phi) is 58.7. The molecule has 0 amide bonds. The van der Waals surface area contributed by atoms with Gasteiger partial charge in [0.05, 0.1) is 19.8 Å². The molecule has 0 bridgehead atoms. The van der Waals surface area contributed by atoms with Gasteiger partial charge in [-0.05, 0) is 116 Å². The number of aliphatic hydroxyl groups is 1. The molecule has 11 nitrogen and oxygen atoms in total. The summed E-state index contributed by atoms with van der Waals surface area (Å²) >= 11 is 0. The maximum atomic E-state index is 13.0. The highest BCUT2D eigenvalue weighted by molar-refractivity contribution is 7.47. The Bertz CT molecular complexity index is 1710. The molecule has 3 atom stereocenters. The van der Waals surface area contributed by atoms with E-state index < -0.39 is 57.8 Å². The average molecular weight is 1140 g/mol. The molecule has 3 unspecified atom stereocenters. The molecule has 0 aromatic rings. The minimum Gasteiger partial charge on any atom is -0.462 e. The van der Waals surface area contributed by atoms with Crippen LogP contribution in [0.1, 0.15) is 278 Å². The monoisotopic (exact) mass is 1140 g/mol. The van der Waals surface area contributed by atoms with E-state index in [1.54, 1.807) is 0 Å². The molecule has 0 radical (unpaired) electrons. The lowest BCUT2D eigenvalue weighted by Crippen LogP contribution is -2.30. The highest BCUT2D eigenvalue weighted by atomic mass is 31.2. The summed E-state index contributed by atoms with van der Waals surface area (Å²) in [4.78, 5) is 48.7. The number of carbonyl (C=O) groups excluding carboxylic acids is 3. The van der Waals surface area contributed by atoms with Crippen molar-refractivity contribution in [1.29, 1.82) is 0 Å². The number of hydrogen-bond donors (Lipinski definition) is 2. The second-order valence-electron chi connectivity index (χ2n) is 21.2. The smallest absolute Gasteiger partial charge is 0.462 e. The number of phosphoric acid groups is 1. The summed E-state index contributed by atoms with van der Waals surface area (Å²) in [6.45, 7) is 4.46. The van der Waals surface area contributed by atoms with Gasteiger partial charge in [0, 0.05) is 19.3 Å². The van der Waals surface area contributed by atoms with Crippen LogP contribution in [0.3, 0.4) is 0 Å². The highest BCUT2D eigenvalue weighted by Gasteiger charge is 2.28. The molecule has 12 heteroatoms. The van der Waals surface area contributed by atoms with Crippen molar-refractivity contribution in [3.63, 3.8) is 0 Å². The molecular formula is C68H117O11P. The summed E-state index contributed by atoms with van der Waals surface area (Å²) in [5.74, 6) is -1.53.